The van der Waals surface area contributed by atoms with Crippen molar-refractivity contribution in [1.82, 2.24) is 10.3 Å². The molecule has 0 amide bonds. The lowest BCUT2D eigenvalue weighted by Gasteiger charge is -2.19. The van der Waals surface area contributed by atoms with Crippen molar-refractivity contribution in [2.24, 2.45) is 5.92 Å². The van der Waals surface area contributed by atoms with Crippen LogP contribution in [0.4, 0.5) is 11.5 Å². The van der Waals surface area contributed by atoms with Crippen LogP contribution in [0.1, 0.15) is 25.1 Å². The van der Waals surface area contributed by atoms with Crippen molar-refractivity contribution in [3.8, 4) is 0 Å². The van der Waals surface area contributed by atoms with Gasteiger partial charge in [-0.25, -0.2) is 4.98 Å². The van der Waals surface area contributed by atoms with Crippen LogP contribution in [0.15, 0.2) is 42.5 Å². The number of aromatic nitrogens is 1. The molecule has 0 spiro atoms. The highest BCUT2D eigenvalue weighted by atomic mass is 15.2. The third-order valence-electron chi connectivity index (χ3n) is 3.54. The lowest BCUT2D eigenvalue weighted by Crippen LogP contribution is -2.20. The number of nitrogens with one attached hydrogen (secondary N) is 1. The van der Waals surface area contributed by atoms with Gasteiger partial charge in [0, 0.05) is 25.0 Å². The van der Waals surface area contributed by atoms with Crippen molar-refractivity contribution in [3.63, 3.8) is 0 Å². The van der Waals surface area contributed by atoms with E-state index in [1.807, 2.05) is 25.2 Å². The van der Waals surface area contributed by atoms with Crippen LogP contribution >= 0.6 is 0 Å². The number of hydrogen-bond acceptors (Lipinski definition) is 3. The van der Waals surface area contributed by atoms with E-state index in [9.17, 15) is 0 Å². The van der Waals surface area contributed by atoms with E-state index in [0.717, 1.165) is 30.3 Å². The summed E-state index contributed by atoms with van der Waals surface area (Å²) in [5.74, 6) is 1.65. The van der Waals surface area contributed by atoms with Crippen molar-refractivity contribution in [2.45, 2.75) is 27.3 Å². The lowest BCUT2D eigenvalue weighted by atomic mass is 10.1. The lowest BCUT2D eigenvalue weighted by molar-refractivity contribution is 0.551. The first-order valence-corrected chi connectivity index (χ1v) is 7.54. The Morgan fingerprint density at radius 2 is 1.81 bits per heavy atom. The molecule has 3 nitrogen and oxygen atoms in total. The molecule has 2 aromatic rings. The molecular weight excluding hydrogens is 258 g/mol. The van der Waals surface area contributed by atoms with E-state index in [-0.39, 0.29) is 0 Å². The van der Waals surface area contributed by atoms with Gasteiger partial charge in [-0.1, -0.05) is 38.1 Å². The fourth-order valence-corrected chi connectivity index (χ4v) is 2.23. The molecule has 0 saturated heterocycles. The summed E-state index contributed by atoms with van der Waals surface area (Å²) in [5, 5.41) is 3.47. The molecule has 3 heteroatoms. The van der Waals surface area contributed by atoms with Crippen LogP contribution in [0.5, 0.6) is 0 Å². The Morgan fingerprint density at radius 1 is 1.10 bits per heavy atom. The van der Waals surface area contributed by atoms with Gasteiger partial charge < -0.3 is 10.2 Å². The summed E-state index contributed by atoms with van der Waals surface area (Å²) >= 11 is 0. The third kappa shape index (κ3) is 4.30. The quantitative estimate of drug-likeness (QED) is 0.871. The van der Waals surface area contributed by atoms with Gasteiger partial charge in [-0.3, -0.25) is 0 Å². The molecule has 0 atom stereocenters. The van der Waals surface area contributed by atoms with E-state index in [4.69, 9.17) is 4.98 Å². The average Bonchev–Trinajstić information content (AvgIpc) is 2.48. The third-order valence-corrected chi connectivity index (χ3v) is 3.54. The number of nitrogens with zero attached hydrogens (tertiary/aromatic N) is 2. The maximum Gasteiger partial charge on any atom is 0.132 e. The number of para-hydroxylation sites is 1. The average molecular weight is 283 g/mol. The van der Waals surface area contributed by atoms with Gasteiger partial charge >= 0.3 is 0 Å². The van der Waals surface area contributed by atoms with E-state index < -0.39 is 0 Å². The van der Waals surface area contributed by atoms with E-state index in [1.165, 1.54) is 5.56 Å². The van der Waals surface area contributed by atoms with Crippen molar-refractivity contribution in [3.05, 3.63) is 53.7 Å². The Bertz CT molecular complexity index is 564. The second kappa shape index (κ2) is 7.23. The molecular formula is C18H25N3. The van der Waals surface area contributed by atoms with Crippen LogP contribution < -0.4 is 10.2 Å². The molecule has 1 heterocycles. The highest BCUT2D eigenvalue weighted by molar-refractivity contribution is 5.59. The summed E-state index contributed by atoms with van der Waals surface area (Å²) in [6, 6.07) is 14.6. The van der Waals surface area contributed by atoms with Gasteiger partial charge in [-0.2, -0.15) is 0 Å². The largest absolute Gasteiger partial charge is 0.329 e. The fraction of sp³-hybridized carbons (Fsp3) is 0.389. The number of pyridine rings is 1. The molecule has 0 fully saturated rings. The molecule has 2 rings (SSSR count). The second-order valence-corrected chi connectivity index (χ2v) is 5.83. The predicted octanol–water partition coefficient (Wildman–Crippen LogP) is 3.90. The van der Waals surface area contributed by atoms with Crippen molar-refractivity contribution >= 4 is 11.5 Å². The topological polar surface area (TPSA) is 28.2 Å². The summed E-state index contributed by atoms with van der Waals surface area (Å²) in [4.78, 5) is 6.84. The zero-order valence-electron chi connectivity index (χ0n) is 13.4. The monoisotopic (exact) mass is 283 g/mol. The van der Waals surface area contributed by atoms with Gasteiger partial charge in [0.25, 0.3) is 0 Å². The highest BCUT2D eigenvalue weighted by Gasteiger charge is 2.07. The standard InChI is InChI=1S/C18H25N3/c1-14(2)12-19-13-16-10-11-18(20-15(16)3)21(4)17-8-6-5-7-9-17/h5-11,14,19H,12-13H2,1-4H3. The molecule has 0 aliphatic carbocycles. The van der Waals surface area contributed by atoms with E-state index in [2.05, 4.69) is 55.3 Å². The Morgan fingerprint density at radius 3 is 2.43 bits per heavy atom. The van der Waals surface area contributed by atoms with Crippen LogP contribution in [0, 0.1) is 12.8 Å². The molecule has 1 aromatic carbocycles. The molecule has 0 saturated carbocycles. The SMILES string of the molecule is Cc1nc(N(C)c2ccccc2)ccc1CNCC(C)C. The zero-order chi connectivity index (χ0) is 15.2. The van der Waals surface area contributed by atoms with Crippen LogP contribution in [-0.2, 0) is 6.54 Å². The Kier molecular flexibility index (Phi) is 5.34. The molecule has 0 radical (unpaired) electrons. The summed E-state index contributed by atoms with van der Waals surface area (Å²) in [6.07, 6.45) is 0. The first-order chi connectivity index (χ1) is 10.1. The molecule has 1 aromatic heterocycles. The normalized spacial score (nSPS) is 10.9. The predicted molar refractivity (Wildman–Crippen MR) is 90.0 cm³/mol. The highest BCUT2D eigenvalue weighted by Crippen LogP contribution is 2.22. The van der Waals surface area contributed by atoms with E-state index in [1.54, 1.807) is 0 Å². The van der Waals surface area contributed by atoms with Crippen LogP contribution in [0.3, 0.4) is 0 Å². The smallest absolute Gasteiger partial charge is 0.132 e. The van der Waals surface area contributed by atoms with Gasteiger partial charge in [0.15, 0.2) is 0 Å². The minimum Gasteiger partial charge on any atom is -0.329 e. The Hall–Kier alpha value is -1.87. The van der Waals surface area contributed by atoms with Gasteiger partial charge in [-0.05, 0) is 43.1 Å². The minimum atomic E-state index is 0.668. The molecule has 21 heavy (non-hydrogen) atoms. The first kappa shape index (κ1) is 15.5. The molecule has 0 unspecified atom stereocenters. The van der Waals surface area contributed by atoms with Gasteiger partial charge in [-0.15, -0.1) is 0 Å². The summed E-state index contributed by atoms with van der Waals surface area (Å²) < 4.78 is 0. The van der Waals surface area contributed by atoms with Crippen molar-refractivity contribution < 1.29 is 0 Å². The number of anilines is 2. The number of aryl methyl sites for hydroxylation is 1. The van der Waals surface area contributed by atoms with Crippen molar-refractivity contribution in [2.75, 3.05) is 18.5 Å². The second-order valence-electron chi connectivity index (χ2n) is 5.83. The maximum atomic E-state index is 4.73. The summed E-state index contributed by atoms with van der Waals surface area (Å²) in [7, 11) is 2.05. The molecule has 112 valence electrons. The molecule has 1 N–H and O–H groups in total. The zero-order valence-corrected chi connectivity index (χ0v) is 13.4. The van der Waals surface area contributed by atoms with Gasteiger partial charge in [0.1, 0.15) is 5.82 Å². The van der Waals surface area contributed by atoms with Gasteiger partial charge in [0.2, 0.25) is 0 Å². The molecule has 0 aliphatic heterocycles. The van der Waals surface area contributed by atoms with Crippen LogP contribution in [0.25, 0.3) is 0 Å². The van der Waals surface area contributed by atoms with Crippen LogP contribution in [-0.4, -0.2) is 18.6 Å². The minimum absolute atomic E-state index is 0.668. The Balaban J connectivity index is 2.08. The Labute approximate surface area is 128 Å². The first-order valence-electron chi connectivity index (χ1n) is 7.54. The summed E-state index contributed by atoms with van der Waals surface area (Å²) in [6.45, 7) is 8.43. The van der Waals surface area contributed by atoms with E-state index in [0.29, 0.717) is 5.92 Å². The number of benzene rings is 1. The fourth-order valence-electron chi connectivity index (χ4n) is 2.23. The van der Waals surface area contributed by atoms with Gasteiger partial charge in [0.05, 0.1) is 0 Å². The molecule has 0 aliphatic rings. The maximum absolute atomic E-state index is 4.73. The van der Waals surface area contributed by atoms with Crippen LogP contribution in [0.2, 0.25) is 0 Å². The number of rotatable bonds is 6. The van der Waals surface area contributed by atoms with E-state index >= 15 is 0 Å². The van der Waals surface area contributed by atoms with Crippen molar-refractivity contribution in [1.29, 1.82) is 0 Å². The summed E-state index contributed by atoms with van der Waals surface area (Å²) in [5.41, 5.74) is 3.50. The number of hydrogen-bond donors (Lipinski definition) is 1. The molecule has 0 bridgehead atoms.